The van der Waals surface area contributed by atoms with Crippen molar-refractivity contribution in [3.05, 3.63) is 34.6 Å². The Bertz CT molecular complexity index is 568. The van der Waals surface area contributed by atoms with E-state index in [-0.39, 0.29) is 22.9 Å². The largest absolute Gasteiger partial charge is 0.393 e. The van der Waals surface area contributed by atoms with Crippen molar-refractivity contribution in [2.24, 2.45) is 5.92 Å². The minimum atomic E-state index is -0.535. The van der Waals surface area contributed by atoms with Gasteiger partial charge in [-0.1, -0.05) is 11.6 Å². The number of rotatable bonds is 2. The summed E-state index contributed by atoms with van der Waals surface area (Å²) in [7, 11) is 0. The minimum absolute atomic E-state index is 0.0355. The molecule has 2 aliphatic rings. The van der Waals surface area contributed by atoms with E-state index >= 15 is 0 Å². The molecule has 3 atom stereocenters. The van der Waals surface area contributed by atoms with E-state index in [9.17, 15) is 14.3 Å². The summed E-state index contributed by atoms with van der Waals surface area (Å²) in [6, 6.07) is 3.99. The quantitative estimate of drug-likeness (QED) is 0.908. The molecule has 120 valence electrons. The topological polar surface area (TPSA) is 49.8 Å². The fourth-order valence-corrected chi connectivity index (χ4v) is 3.58. The molecule has 0 aromatic heterocycles. The van der Waals surface area contributed by atoms with E-state index in [1.807, 2.05) is 0 Å². The Hall–Kier alpha value is -1.17. The lowest BCUT2D eigenvalue weighted by molar-refractivity contribution is -0.0589. The van der Waals surface area contributed by atoms with Gasteiger partial charge in [0.15, 0.2) is 0 Å². The summed E-state index contributed by atoms with van der Waals surface area (Å²) >= 11 is 5.77. The van der Waals surface area contributed by atoms with Crippen LogP contribution in [0.15, 0.2) is 18.2 Å². The van der Waals surface area contributed by atoms with Crippen molar-refractivity contribution < 1.29 is 19.0 Å². The van der Waals surface area contributed by atoms with Crippen LogP contribution in [0.3, 0.4) is 0 Å². The molecule has 0 unspecified atom stereocenters. The van der Waals surface area contributed by atoms with Crippen LogP contribution in [0.4, 0.5) is 4.39 Å². The molecular formula is C16H19ClFNO3. The molecule has 1 aromatic carbocycles. The molecule has 6 heteroatoms. The maximum absolute atomic E-state index is 13.3. The van der Waals surface area contributed by atoms with Gasteiger partial charge in [0.05, 0.1) is 17.7 Å². The Morgan fingerprint density at radius 1 is 1.41 bits per heavy atom. The molecular weight excluding hydrogens is 309 g/mol. The molecule has 2 aliphatic heterocycles. The Morgan fingerprint density at radius 3 is 2.95 bits per heavy atom. The normalized spacial score (nSPS) is 28.9. The first-order valence-corrected chi connectivity index (χ1v) is 7.97. The van der Waals surface area contributed by atoms with Crippen molar-refractivity contribution in [1.29, 1.82) is 0 Å². The van der Waals surface area contributed by atoms with Crippen LogP contribution in [-0.2, 0) is 4.74 Å². The number of ether oxygens (including phenoxy) is 1. The van der Waals surface area contributed by atoms with Crippen LogP contribution in [0.25, 0.3) is 0 Å². The van der Waals surface area contributed by atoms with Crippen molar-refractivity contribution in [2.75, 3.05) is 19.8 Å². The van der Waals surface area contributed by atoms with Crippen molar-refractivity contribution >= 4 is 17.5 Å². The molecule has 0 aliphatic carbocycles. The van der Waals surface area contributed by atoms with E-state index in [4.69, 9.17) is 16.3 Å². The van der Waals surface area contributed by atoms with E-state index in [1.54, 1.807) is 4.90 Å². The lowest BCUT2D eigenvalue weighted by atomic mass is 9.89. The average Bonchev–Trinajstić information content (AvgIpc) is 2.99. The maximum atomic E-state index is 13.3. The van der Waals surface area contributed by atoms with Gasteiger partial charge < -0.3 is 14.7 Å². The third-order valence-electron chi connectivity index (χ3n) is 4.58. The van der Waals surface area contributed by atoms with Gasteiger partial charge in [0, 0.05) is 30.7 Å². The van der Waals surface area contributed by atoms with Gasteiger partial charge in [-0.25, -0.2) is 4.39 Å². The van der Waals surface area contributed by atoms with Gasteiger partial charge in [0.25, 0.3) is 5.91 Å². The standard InChI is InChI=1S/C16H19ClFNO3/c17-12-8-10(3-4-13(12)18)16(21)19-6-1-2-14(19)11-9-22-7-5-15(11)20/h3-4,8,11,14-15,20H,1-2,5-7,9H2/t11-,14-,15+/m1/s1. The highest BCUT2D eigenvalue weighted by Gasteiger charge is 2.39. The first-order valence-electron chi connectivity index (χ1n) is 7.60. The molecule has 4 nitrogen and oxygen atoms in total. The number of aliphatic hydroxyl groups is 1. The summed E-state index contributed by atoms with van der Waals surface area (Å²) in [5.41, 5.74) is 0.379. The number of benzene rings is 1. The van der Waals surface area contributed by atoms with Crippen LogP contribution in [0.2, 0.25) is 5.02 Å². The summed E-state index contributed by atoms with van der Waals surface area (Å²) in [6.45, 7) is 1.67. The van der Waals surface area contributed by atoms with Crippen molar-refractivity contribution in [3.8, 4) is 0 Å². The highest BCUT2D eigenvalue weighted by molar-refractivity contribution is 6.31. The van der Waals surface area contributed by atoms with Crippen molar-refractivity contribution in [2.45, 2.75) is 31.4 Å². The highest BCUT2D eigenvalue weighted by Crippen LogP contribution is 2.31. The summed E-state index contributed by atoms with van der Waals surface area (Å²) in [5, 5.41) is 10.1. The Balaban J connectivity index is 1.79. The van der Waals surface area contributed by atoms with Crippen LogP contribution in [0.1, 0.15) is 29.6 Å². The van der Waals surface area contributed by atoms with Crippen LogP contribution in [0, 0.1) is 11.7 Å². The summed E-state index contributed by atoms with van der Waals surface area (Å²) in [4.78, 5) is 14.5. The third kappa shape index (κ3) is 2.98. The SMILES string of the molecule is O=C(c1ccc(F)c(Cl)c1)N1CCC[C@@H]1[C@H]1COCC[C@@H]1O. The number of hydrogen-bond acceptors (Lipinski definition) is 3. The summed E-state index contributed by atoms with van der Waals surface area (Å²) in [5.74, 6) is -0.759. The first-order chi connectivity index (χ1) is 10.6. The molecule has 0 saturated carbocycles. The second-order valence-electron chi connectivity index (χ2n) is 5.93. The van der Waals surface area contributed by atoms with Crippen LogP contribution >= 0.6 is 11.6 Å². The molecule has 2 saturated heterocycles. The predicted octanol–water partition coefficient (Wildman–Crippen LogP) is 2.48. The molecule has 1 N–H and O–H groups in total. The van der Waals surface area contributed by atoms with E-state index < -0.39 is 11.9 Å². The van der Waals surface area contributed by atoms with Gasteiger partial charge in [0.2, 0.25) is 0 Å². The van der Waals surface area contributed by atoms with E-state index in [0.29, 0.717) is 31.7 Å². The second kappa shape index (κ2) is 6.52. The Morgan fingerprint density at radius 2 is 2.23 bits per heavy atom. The third-order valence-corrected chi connectivity index (χ3v) is 4.87. The predicted molar refractivity (Wildman–Crippen MR) is 80.4 cm³/mol. The zero-order chi connectivity index (χ0) is 15.7. The van der Waals surface area contributed by atoms with Gasteiger partial charge in [-0.3, -0.25) is 4.79 Å². The highest BCUT2D eigenvalue weighted by atomic mass is 35.5. The summed E-state index contributed by atoms with van der Waals surface area (Å²) < 4.78 is 18.7. The van der Waals surface area contributed by atoms with Crippen molar-refractivity contribution in [3.63, 3.8) is 0 Å². The number of likely N-dealkylation sites (tertiary alicyclic amines) is 1. The van der Waals surface area contributed by atoms with Gasteiger partial charge in [0.1, 0.15) is 5.82 Å². The monoisotopic (exact) mass is 327 g/mol. The lowest BCUT2D eigenvalue weighted by Crippen LogP contribution is -2.48. The van der Waals surface area contributed by atoms with Crippen LogP contribution in [-0.4, -0.2) is 47.8 Å². The fraction of sp³-hybridized carbons (Fsp3) is 0.562. The van der Waals surface area contributed by atoms with Gasteiger partial charge in [-0.2, -0.15) is 0 Å². The van der Waals surface area contributed by atoms with Gasteiger partial charge >= 0.3 is 0 Å². The Labute approximate surface area is 133 Å². The molecule has 0 spiro atoms. The zero-order valence-electron chi connectivity index (χ0n) is 12.2. The lowest BCUT2D eigenvalue weighted by Gasteiger charge is -2.37. The zero-order valence-corrected chi connectivity index (χ0v) is 12.9. The molecule has 2 fully saturated rings. The van der Waals surface area contributed by atoms with Crippen molar-refractivity contribution in [1.82, 2.24) is 4.90 Å². The Kier molecular flexibility index (Phi) is 4.66. The smallest absolute Gasteiger partial charge is 0.254 e. The second-order valence-corrected chi connectivity index (χ2v) is 6.34. The molecule has 0 radical (unpaired) electrons. The fourth-order valence-electron chi connectivity index (χ4n) is 3.40. The number of carbonyl (C=O) groups is 1. The number of aliphatic hydroxyl groups excluding tert-OH is 1. The number of hydrogen-bond donors (Lipinski definition) is 1. The van der Waals surface area contributed by atoms with Gasteiger partial charge in [-0.05, 0) is 37.5 Å². The van der Waals surface area contributed by atoms with E-state index in [1.165, 1.54) is 18.2 Å². The molecule has 1 amide bonds. The van der Waals surface area contributed by atoms with Crippen LogP contribution in [0.5, 0.6) is 0 Å². The molecule has 3 rings (SSSR count). The van der Waals surface area contributed by atoms with Crippen LogP contribution < -0.4 is 0 Å². The first kappa shape index (κ1) is 15.7. The average molecular weight is 328 g/mol. The minimum Gasteiger partial charge on any atom is -0.393 e. The molecule has 2 heterocycles. The number of carbonyl (C=O) groups excluding carboxylic acids is 1. The molecule has 0 bridgehead atoms. The summed E-state index contributed by atoms with van der Waals surface area (Å²) in [6.07, 6.45) is 1.91. The number of halogens is 2. The molecule has 1 aromatic rings. The number of nitrogens with zero attached hydrogens (tertiary/aromatic N) is 1. The van der Waals surface area contributed by atoms with E-state index in [2.05, 4.69) is 0 Å². The number of amides is 1. The van der Waals surface area contributed by atoms with Gasteiger partial charge in [-0.15, -0.1) is 0 Å². The van der Waals surface area contributed by atoms with E-state index in [0.717, 1.165) is 12.8 Å². The maximum Gasteiger partial charge on any atom is 0.254 e. The molecule has 22 heavy (non-hydrogen) atoms.